The first-order valence-electron chi connectivity index (χ1n) is 5.37. The SMILES string of the molecule is CCC/C=C1/CNCC(NC)/C1=N/C. The number of rotatable bonds is 3. The first-order chi connectivity index (χ1) is 6.83. The third-order valence-electron chi connectivity index (χ3n) is 2.59. The smallest absolute Gasteiger partial charge is 0.0618 e. The fourth-order valence-electron chi connectivity index (χ4n) is 1.80. The number of piperidine rings is 1. The molecule has 0 aliphatic carbocycles. The molecule has 0 aromatic heterocycles. The monoisotopic (exact) mass is 195 g/mol. The molecule has 0 aromatic rings. The molecule has 2 N–H and O–H groups in total. The second-order valence-corrected chi connectivity index (χ2v) is 3.60. The van der Waals surface area contributed by atoms with E-state index in [9.17, 15) is 0 Å². The number of aliphatic imine (C=N–C) groups is 1. The minimum Gasteiger partial charge on any atom is -0.311 e. The van der Waals surface area contributed by atoms with Crippen LogP contribution in [-0.2, 0) is 0 Å². The first-order valence-corrected chi connectivity index (χ1v) is 5.37. The largest absolute Gasteiger partial charge is 0.311 e. The number of nitrogens with zero attached hydrogens (tertiary/aromatic N) is 1. The molecule has 1 aliphatic rings. The van der Waals surface area contributed by atoms with E-state index in [0.717, 1.165) is 19.5 Å². The van der Waals surface area contributed by atoms with Crippen molar-refractivity contribution in [2.24, 2.45) is 4.99 Å². The third kappa shape index (κ3) is 2.66. The van der Waals surface area contributed by atoms with Crippen molar-refractivity contribution in [3.63, 3.8) is 0 Å². The fourth-order valence-corrected chi connectivity index (χ4v) is 1.80. The molecule has 1 unspecified atom stereocenters. The van der Waals surface area contributed by atoms with E-state index in [0.29, 0.717) is 6.04 Å². The molecule has 1 fully saturated rings. The molecule has 1 heterocycles. The number of allylic oxidation sites excluding steroid dienone is 1. The van der Waals surface area contributed by atoms with Gasteiger partial charge in [0.15, 0.2) is 0 Å². The second-order valence-electron chi connectivity index (χ2n) is 3.60. The van der Waals surface area contributed by atoms with Crippen LogP contribution >= 0.6 is 0 Å². The molecule has 0 spiro atoms. The summed E-state index contributed by atoms with van der Waals surface area (Å²) in [4.78, 5) is 4.38. The molecule has 1 rings (SSSR count). The van der Waals surface area contributed by atoms with E-state index in [1.54, 1.807) is 0 Å². The lowest BCUT2D eigenvalue weighted by Crippen LogP contribution is -2.49. The van der Waals surface area contributed by atoms with Crippen LogP contribution in [0.4, 0.5) is 0 Å². The average molecular weight is 195 g/mol. The van der Waals surface area contributed by atoms with Gasteiger partial charge in [-0.05, 0) is 19.0 Å². The third-order valence-corrected chi connectivity index (χ3v) is 2.59. The summed E-state index contributed by atoms with van der Waals surface area (Å²) in [5.41, 5.74) is 2.58. The van der Waals surface area contributed by atoms with Crippen molar-refractivity contribution in [3.8, 4) is 0 Å². The lowest BCUT2D eigenvalue weighted by atomic mass is 9.98. The number of unbranched alkanes of at least 4 members (excludes halogenated alkanes) is 1. The summed E-state index contributed by atoms with van der Waals surface area (Å²) in [6, 6.07) is 0.372. The summed E-state index contributed by atoms with van der Waals surface area (Å²) in [6.45, 7) is 4.14. The van der Waals surface area contributed by atoms with Crippen LogP contribution in [0.15, 0.2) is 16.6 Å². The van der Waals surface area contributed by atoms with Gasteiger partial charge in [-0.15, -0.1) is 0 Å². The Morgan fingerprint density at radius 1 is 1.64 bits per heavy atom. The highest BCUT2D eigenvalue weighted by Crippen LogP contribution is 2.09. The highest BCUT2D eigenvalue weighted by molar-refractivity contribution is 6.05. The van der Waals surface area contributed by atoms with Gasteiger partial charge >= 0.3 is 0 Å². The van der Waals surface area contributed by atoms with Gasteiger partial charge in [0.1, 0.15) is 0 Å². The Labute approximate surface area is 86.7 Å². The van der Waals surface area contributed by atoms with E-state index in [1.165, 1.54) is 17.7 Å². The van der Waals surface area contributed by atoms with Gasteiger partial charge < -0.3 is 10.6 Å². The maximum atomic E-state index is 4.38. The molecule has 80 valence electrons. The van der Waals surface area contributed by atoms with Crippen LogP contribution in [0.25, 0.3) is 0 Å². The summed E-state index contributed by atoms with van der Waals surface area (Å²) < 4.78 is 0. The van der Waals surface area contributed by atoms with Gasteiger partial charge in [-0.1, -0.05) is 19.4 Å². The van der Waals surface area contributed by atoms with E-state index in [2.05, 4.69) is 28.6 Å². The molecule has 0 aromatic carbocycles. The molecule has 14 heavy (non-hydrogen) atoms. The maximum Gasteiger partial charge on any atom is 0.0618 e. The van der Waals surface area contributed by atoms with Crippen LogP contribution in [0.3, 0.4) is 0 Å². The summed E-state index contributed by atoms with van der Waals surface area (Å²) in [5.74, 6) is 0. The molecule has 1 atom stereocenters. The molecular weight excluding hydrogens is 174 g/mol. The normalized spacial score (nSPS) is 28.6. The Balaban J connectivity index is 2.74. The number of likely N-dealkylation sites (N-methyl/N-ethyl adjacent to an activating group) is 1. The minimum absolute atomic E-state index is 0.372. The quantitative estimate of drug-likeness (QED) is 0.704. The van der Waals surface area contributed by atoms with Crippen molar-refractivity contribution >= 4 is 5.71 Å². The van der Waals surface area contributed by atoms with Crippen molar-refractivity contribution in [3.05, 3.63) is 11.6 Å². The zero-order valence-electron chi connectivity index (χ0n) is 9.43. The van der Waals surface area contributed by atoms with Crippen LogP contribution in [0.2, 0.25) is 0 Å². The Bertz CT molecular complexity index is 231. The van der Waals surface area contributed by atoms with Gasteiger partial charge in [-0.2, -0.15) is 0 Å². The lowest BCUT2D eigenvalue weighted by Gasteiger charge is -2.27. The van der Waals surface area contributed by atoms with Crippen LogP contribution in [-0.4, -0.2) is 38.9 Å². The average Bonchev–Trinajstić information content (AvgIpc) is 2.25. The van der Waals surface area contributed by atoms with E-state index in [1.807, 2.05) is 14.1 Å². The number of hydrogen-bond acceptors (Lipinski definition) is 3. The Hall–Kier alpha value is -0.670. The van der Waals surface area contributed by atoms with E-state index < -0.39 is 0 Å². The van der Waals surface area contributed by atoms with Gasteiger partial charge in [0.2, 0.25) is 0 Å². The van der Waals surface area contributed by atoms with E-state index >= 15 is 0 Å². The predicted octanol–water partition coefficient (Wildman–Crippen LogP) is 0.975. The minimum atomic E-state index is 0.372. The van der Waals surface area contributed by atoms with Crippen molar-refractivity contribution in [1.82, 2.24) is 10.6 Å². The molecule has 0 bridgehead atoms. The van der Waals surface area contributed by atoms with Gasteiger partial charge in [-0.3, -0.25) is 4.99 Å². The molecule has 1 saturated heterocycles. The summed E-state index contributed by atoms with van der Waals surface area (Å²) in [7, 11) is 3.87. The van der Waals surface area contributed by atoms with Gasteiger partial charge in [-0.25, -0.2) is 0 Å². The summed E-state index contributed by atoms with van der Waals surface area (Å²) in [5, 5.41) is 6.67. The van der Waals surface area contributed by atoms with Crippen LogP contribution < -0.4 is 10.6 Å². The summed E-state index contributed by atoms with van der Waals surface area (Å²) in [6.07, 6.45) is 4.65. The molecule has 0 amide bonds. The highest BCUT2D eigenvalue weighted by atomic mass is 15.0. The van der Waals surface area contributed by atoms with Crippen molar-refractivity contribution in [1.29, 1.82) is 0 Å². The molecule has 1 aliphatic heterocycles. The van der Waals surface area contributed by atoms with E-state index in [4.69, 9.17) is 0 Å². The predicted molar refractivity (Wildman–Crippen MR) is 62.1 cm³/mol. The lowest BCUT2D eigenvalue weighted by molar-refractivity contribution is 0.595. The van der Waals surface area contributed by atoms with Gasteiger partial charge in [0.25, 0.3) is 0 Å². The Kier molecular flexibility index (Phi) is 4.84. The van der Waals surface area contributed by atoms with E-state index in [-0.39, 0.29) is 0 Å². The first kappa shape index (κ1) is 11.4. The van der Waals surface area contributed by atoms with Crippen molar-refractivity contribution in [2.45, 2.75) is 25.8 Å². The Morgan fingerprint density at radius 2 is 2.43 bits per heavy atom. The van der Waals surface area contributed by atoms with Gasteiger partial charge in [0.05, 0.1) is 11.8 Å². The molecule has 0 saturated carbocycles. The van der Waals surface area contributed by atoms with Crippen molar-refractivity contribution < 1.29 is 0 Å². The van der Waals surface area contributed by atoms with Crippen LogP contribution in [0, 0.1) is 0 Å². The standard InChI is InChI=1S/C11H21N3/c1-4-5-6-9-7-14-8-10(12-2)11(9)13-3/h6,10,12,14H,4-5,7-8H2,1-3H3/b9-6-,13-11+. The topological polar surface area (TPSA) is 36.4 Å². The zero-order chi connectivity index (χ0) is 10.4. The molecule has 0 radical (unpaired) electrons. The molecular formula is C11H21N3. The molecule has 3 nitrogen and oxygen atoms in total. The number of hydrogen-bond donors (Lipinski definition) is 2. The highest BCUT2D eigenvalue weighted by Gasteiger charge is 2.21. The molecule has 3 heteroatoms. The number of nitrogens with one attached hydrogen (secondary N) is 2. The fraction of sp³-hybridized carbons (Fsp3) is 0.727. The van der Waals surface area contributed by atoms with Crippen LogP contribution in [0.5, 0.6) is 0 Å². The Morgan fingerprint density at radius 3 is 3.00 bits per heavy atom. The second kappa shape index (κ2) is 5.94. The maximum absolute atomic E-state index is 4.38. The zero-order valence-corrected chi connectivity index (χ0v) is 9.43. The van der Waals surface area contributed by atoms with Gasteiger partial charge in [0, 0.05) is 20.1 Å². The van der Waals surface area contributed by atoms with Crippen LogP contribution in [0.1, 0.15) is 19.8 Å². The summed E-state index contributed by atoms with van der Waals surface area (Å²) >= 11 is 0. The van der Waals surface area contributed by atoms with Crippen molar-refractivity contribution in [2.75, 3.05) is 27.2 Å².